The van der Waals surface area contributed by atoms with E-state index in [1.165, 1.54) is 18.4 Å². The molecule has 4 N–H and O–H groups in total. The molecule has 4 aromatic rings. The first-order valence-corrected chi connectivity index (χ1v) is 10.4. The minimum Gasteiger partial charge on any atom is -0.475 e. The number of carbonyl (C=O) groups is 3. The van der Waals surface area contributed by atoms with E-state index in [1.807, 2.05) is 22.8 Å². The van der Waals surface area contributed by atoms with Gasteiger partial charge in [-0.2, -0.15) is 13.2 Å². The van der Waals surface area contributed by atoms with Crippen LogP contribution in [0.3, 0.4) is 0 Å². The molecular weight excluding hydrogens is 486 g/mol. The third-order valence-electron chi connectivity index (χ3n) is 5.41. The summed E-state index contributed by atoms with van der Waals surface area (Å²) in [5.74, 6) is -4.21. The molecule has 2 amide bonds. The summed E-state index contributed by atoms with van der Waals surface area (Å²) < 4.78 is 53.2. The minimum absolute atomic E-state index is 0.202. The van der Waals surface area contributed by atoms with E-state index in [2.05, 4.69) is 5.32 Å². The molecular formula is C24H17F4N3O5. The van der Waals surface area contributed by atoms with Gasteiger partial charge in [-0.1, -0.05) is 18.2 Å². The van der Waals surface area contributed by atoms with Gasteiger partial charge in [-0.15, -0.1) is 0 Å². The van der Waals surface area contributed by atoms with E-state index >= 15 is 0 Å². The van der Waals surface area contributed by atoms with Crippen LogP contribution in [0, 0.1) is 5.82 Å². The number of benzene rings is 2. The van der Waals surface area contributed by atoms with Gasteiger partial charge < -0.3 is 19.8 Å². The summed E-state index contributed by atoms with van der Waals surface area (Å²) in [6.45, 7) is 0.874. The zero-order valence-electron chi connectivity index (χ0n) is 18.2. The Morgan fingerprint density at radius 1 is 1.03 bits per heavy atom. The van der Waals surface area contributed by atoms with Crippen LogP contribution in [0.2, 0.25) is 0 Å². The van der Waals surface area contributed by atoms with Gasteiger partial charge >= 0.3 is 12.1 Å². The predicted octanol–water partition coefficient (Wildman–Crippen LogP) is 3.69. The highest BCUT2D eigenvalue weighted by atomic mass is 19.4. The molecule has 12 heteroatoms. The highest BCUT2D eigenvalue weighted by Crippen LogP contribution is 2.39. The van der Waals surface area contributed by atoms with Crippen molar-refractivity contribution >= 4 is 50.8 Å². The maximum atomic E-state index is 14.0. The van der Waals surface area contributed by atoms with Gasteiger partial charge in [-0.3, -0.25) is 14.9 Å². The second-order valence-corrected chi connectivity index (χ2v) is 7.67. The van der Waals surface area contributed by atoms with Crippen molar-refractivity contribution < 1.29 is 41.5 Å². The molecule has 1 aliphatic heterocycles. The molecule has 8 nitrogen and oxygen atoms in total. The molecule has 0 atom stereocenters. The monoisotopic (exact) mass is 503 g/mol. The summed E-state index contributed by atoms with van der Waals surface area (Å²) in [5.41, 5.74) is 8.48. The Kier molecular flexibility index (Phi) is 6.37. The maximum absolute atomic E-state index is 14.0. The number of alkyl halides is 3. The van der Waals surface area contributed by atoms with Gasteiger partial charge in [0.2, 0.25) is 0 Å². The fourth-order valence-corrected chi connectivity index (χ4v) is 3.93. The fourth-order valence-electron chi connectivity index (χ4n) is 3.93. The van der Waals surface area contributed by atoms with E-state index in [1.54, 1.807) is 18.3 Å². The highest BCUT2D eigenvalue weighted by molar-refractivity contribution is 6.50. The minimum atomic E-state index is -5.08. The number of imide groups is 1. The Labute approximate surface area is 199 Å². The number of carboxylic acids is 1. The second kappa shape index (κ2) is 9.30. The number of halogens is 4. The van der Waals surface area contributed by atoms with Crippen LogP contribution in [0.1, 0.15) is 11.1 Å². The number of nitrogens with one attached hydrogen (secondary N) is 1. The first-order chi connectivity index (χ1) is 17.0. The molecule has 1 aliphatic rings. The molecule has 0 fully saturated rings. The fraction of sp³-hybridized carbons (Fsp3) is 0.125. The summed E-state index contributed by atoms with van der Waals surface area (Å²) >= 11 is 0. The number of furan rings is 1. The van der Waals surface area contributed by atoms with Crippen molar-refractivity contribution in [3.63, 3.8) is 0 Å². The first-order valence-electron chi connectivity index (χ1n) is 10.4. The Morgan fingerprint density at radius 3 is 2.31 bits per heavy atom. The van der Waals surface area contributed by atoms with E-state index in [0.29, 0.717) is 35.2 Å². The van der Waals surface area contributed by atoms with Crippen LogP contribution < -0.4 is 11.1 Å². The number of carboxylic acid groups (broad SMARTS) is 1. The van der Waals surface area contributed by atoms with Gasteiger partial charge in [0.05, 0.1) is 17.4 Å². The number of nitrogens with zero attached hydrogens (tertiary/aromatic N) is 1. The standard InChI is InChI=1S/C22H16FN3O3.C2HF3O2/c23-12-5-6-17-14(9-12)15(10-26(17)8-7-24)19-20(22(28)25-21(19)27)16-11-29-18-4-2-1-3-13(16)18;3-2(4,5)1(6)7/h1-6,9-11H,7-8,24H2,(H,25,27,28);(H,6,7). The number of nitrogens with two attached hydrogens (primary N) is 1. The van der Waals surface area contributed by atoms with Crippen molar-refractivity contribution in [1.29, 1.82) is 0 Å². The first kappa shape index (κ1) is 24.7. The quantitative estimate of drug-likeness (QED) is 0.288. The summed E-state index contributed by atoms with van der Waals surface area (Å²) in [4.78, 5) is 34.4. The smallest absolute Gasteiger partial charge is 0.475 e. The number of aliphatic carboxylic acids is 1. The van der Waals surface area contributed by atoms with E-state index in [-0.39, 0.29) is 11.1 Å². The largest absolute Gasteiger partial charge is 0.490 e. The van der Waals surface area contributed by atoms with Gasteiger partial charge in [0, 0.05) is 46.7 Å². The molecule has 0 saturated carbocycles. The summed E-state index contributed by atoms with van der Waals surface area (Å²) in [6.07, 6.45) is -1.87. The van der Waals surface area contributed by atoms with Crippen molar-refractivity contribution in [2.75, 3.05) is 6.54 Å². The average molecular weight is 503 g/mol. The summed E-state index contributed by atoms with van der Waals surface area (Å²) in [6, 6.07) is 11.6. The molecule has 2 aromatic carbocycles. The Morgan fingerprint density at radius 2 is 1.67 bits per heavy atom. The van der Waals surface area contributed by atoms with Crippen LogP contribution >= 0.6 is 0 Å². The lowest BCUT2D eigenvalue weighted by Gasteiger charge is -2.02. The summed E-state index contributed by atoms with van der Waals surface area (Å²) in [7, 11) is 0. The number of para-hydroxylation sites is 1. The van der Waals surface area contributed by atoms with Crippen LogP contribution in [0.15, 0.2) is 59.3 Å². The number of carbonyl (C=O) groups excluding carboxylic acids is 2. The number of aromatic nitrogens is 1. The topological polar surface area (TPSA) is 128 Å². The Bertz CT molecular complexity index is 1550. The number of fused-ring (bicyclic) bond motifs is 2. The van der Waals surface area contributed by atoms with Gasteiger partial charge in [0.15, 0.2) is 0 Å². The zero-order chi connectivity index (χ0) is 26.2. The van der Waals surface area contributed by atoms with E-state index in [9.17, 15) is 27.2 Å². The molecule has 0 unspecified atom stereocenters. The molecule has 2 aromatic heterocycles. The van der Waals surface area contributed by atoms with Crippen LogP contribution in [-0.2, 0) is 20.9 Å². The lowest BCUT2D eigenvalue weighted by Crippen LogP contribution is -2.22. The van der Waals surface area contributed by atoms with Crippen LogP contribution in [0.4, 0.5) is 17.6 Å². The van der Waals surface area contributed by atoms with Crippen LogP contribution in [0.25, 0.3) is 33.0 Å². The zero-order valence-corrected chi connectivity index (χ0v) is 18.2. The lowest BCUT2D eigenvalue weighted by atomic mass is 9.95. The molecule has 0 radical (unpaired) electrons. The van der Waals surface area contributed by atoms with Crippen molar-refractivity contribution in [1.82, 2.24) is 9.88 Å². The Balaban J connectivity index is 0.000000384. The second-order valence-electron chi connectivity index (χ2n) is 7.67. The molecule has 5 rings (SSSR count). The van der Waals surface area contributed by atoms with Gasteiger partial charge in [-0.25, -0.2) is 9.18 Å². The molecule has 3 heterocycles. The molecule has 0 saturated heterocycles. The van der Waals surface area contributed by atoms with Gasteiger partial charge in [0.1, 0.15) is 11.4 Å². The van der Waals surface area contributed by atoms with Crippen LogP contribution in [0.5, 0.6) is 0 Å². The van der Waals surface area contributed by atoms with E-state index in [4.69, 9.17) is 20.1 Å². The molecule has 36 heavy (non-hydrogen) atoms. The van der Waals surface area contributed by atoms with Crippen molar-refractivity contribution in [2.24, 2.45) is 5.73 Å². The highest BCUT2D eigenvalue weighted by Gasteiger charge is 2.38. The van der Waals surface area contributed by atoms with Crippen LogP contribution in [-0.4, -0.2) is 40.2 Å². The molecule has 186 valence electrons. The van der Waals surface area contributed by atoms with E-state index in [0.717, 1.165) is 10.9 Å². The van der Waals surface area contributed by atoms with Crippen molar-refractivity contribution in [2.45, 2.75) is 12.7 Å². The number of rotatable bonds is 4. The van der Waals surface area contributed by atoms with E-state index < -0.39 is 29.8 Å². The average Bonchev–Trinajstić information content (AvgIpc) is 3.46. The molecule has 0 bridgehead atoms. The molecule has 0 spiro atoms. The normalized spacial score (nSPS) is 13.8. The third kappa shape index (κ3) is 4.45. The van der Waals surface area contributed by atoms with Gasteiger partial charge in [-0.05, 0) is 24.3 Å². The third-order valence-corrected chi connectivity index (χ3v) is 5.41. The lowest BCUT2D eigenvalue weighted by molar-refractivity contribution is -0.192. The molecule has 0 aliphatic carbocycles. The summed E-state index contributed by atoms with van der Waals surface area (Å²) in [5, 5.41) is 10.8. The van der Waals surface area contributed by atoms with Crippen molar-refractivity contribution in [3.05, 3.63) is 71.9 Å². The predicted molar refractivity (Wildman–Crippen MR) is 121 cm³/mol. The maximum Gasteiger partial charge on any atom is 0.490 e. The SMILES string of the molecule is NCCn1cc(C2=C(c3coc4ccccc34)C(=O)NC2=O)c2cc(F)ccc21.O=C(O)C(F)(F)F. The number of hydrogen-bond acceptors (Lipinski definition) is 5. The Hall–Kier alpha value is -4.45. The number of hydrogen-bond donors (Lipinski definition) is 3. The van der Waals surface area contributed by atoms with Gasteiger partial charge in [0.25, 0.3) is 11.8 Å². The van der Waals surface area contributed by atoms with Crippen molar-refractivity contribution in [3.8, 4) is 0 Å². The number of amides is 2.